The van der Waals surface area contributed by atoms with Crippen LogP contribution in [-0.2, 0) is 14.8 Å². The number of ketones is 1. The normalized spacial score (nSPS) is 11.1. The number of rotatable bonds is 11. The molecule has 0 saturated carbocycles. The van der Waals surface area contributed by atoms with Crippen molar-refractivity contribution in [2.75, 3.05) is 19.7 Å². The first-order valence-corrected chi connectivity index (χ1v) is 10.9. The van der Waals surface area contributed by atoms with Crippen LogP contribution in [0.5, 0.6) is 5.75 Å². The maximum Gasteiger partial charge on any atom is 0.240 e. The largest absolute Gasteiger partial charge is 0.494 e. The lowest BCUT2D eigenvalue weighted by molar-refractivity contribution is -0.121. The molecule has 2 aromatic carbocycles. The molecule has 8 heteroatoms. The topological polar surface area (TPSA) is 102 Å². The van der Waals surface area contributed by atoms with Gasteiger partial charge in [0.1, 0.15) is 5.75 Å². The second kappa shape index (κ2) is 10.7. The van der Waals surface area contributed by atoms with E-state index in [9.17, 15) is 18.0 Å². The van der Waals surface area contributed by atoms with Crippen LogP contribution >= 0.6 is 0 Å². The first-order chi connectivity index (χ1) is 13.8. The molecule has 2 N–H and O–H groups in total. The van der Waals surface area contributed by atoms with Gasteiger partial charge in [0, 0.05) is 31.5 Å². The molecular formula is C21H26N2O5S. The third kappa shape index (κ3) is 7.32. The average Bonchev–Trinajstić information content (AvgIpc) is 2.70. The van der Waals surface area contributed by atoms with Crippen molar-refractivity contribution in [3.63, 3.8) is 0 Å². The number of aryl methyl sites for hydroxylation is 1. The molecule has 0 saturated heterocycles. The number of Topliss-reactive ketones (excluding diaryl/α,β-unsaturated/α-hetero) is 1. The predicted molar refractivity (Wildman–Crippen MR) is 111 cm³/mol. The zero-order valence-electron chi connectivity index (χ0n) is 16.6. The van der Waals surface area contributed by atoms with Gasteiger partial charge in [-0.15, -0.1) is 0 Å². The van der Waals surface area contributed by atoms with Crippen molar-refractivity contribution in [3.05, 3.63) is 59.7 Å². The number of nitrogens with one attached hydrogen (secondary N) is 2. The molecule has 0 spiro atoms. The summed E-state index contributed by atoms with van der Waals surface area (Å²) in [5, 5.41) is 2.61. The number of hydrogen-bond donors (Lipinski definition) is 2. The summed E-state index contributed by atoms with van der Waals surface area (Å²) in [4.78, 5) is 24.1. The Bertz CT molecular complexity index is 923. The van der Waals surface area contributed by atoms with Crippen LogP contribution in [0.2, 0.25) is 0 Å². The van der Waals surface area contributed by atoms with Crippen molar-refractivity contribution in [3.8, 4) is 5.75 Å². The lowest BCUT2D eigenvalue weighted by atomic mass is 10.1. The Hall–Kier alpha value is -2.71. The van der Waals surface area contributed by atoms with Gasteiger partial charge < -0.3 is 10.1 Å². The summed E-state index contributed by atoms with van der Waals surface area (Å²) in [6.45, 7) is 4.46. The molecule has 0 aromatic heterocycles. The first-order valence-electron chi connectivity index (χ1n) is 9.41. The minimum atomic E-state index is -3.67. The Morgan fingerprint density at radius 2 is 1.59 bits per heavy atom. The summed E-state index contributed by atoms with van der Waals surface area (Å²) >= 11 is 0. The third-order valence-corrected chi connectivity index (χ3v) is 5.61. The second-order valence-corrected chi connectivity index (χ2v) is 8.21. The van der Waals surface area contributed by atoms with Gasteiger partial charge in [-0.3, -0.25) is 9.59 Å². The van der Waals surface area contributed by atoms with E-state index in [1.807, 2.05) is 26.0 Å². The van der Waals surface area contributed by atoms with Crippen LogP contribution in [0.3, 0.4) is 0 Å². The summed E-state index contributed by atoms with van der Waals surface area (Å²) in [7, 11) is -3.67. The van der Waals surface area contributed by atoms with Gasteiger partial charge in [-0.1, -0.05) is 29.8 Å². The van der Waals surface area contributed by atoms with Crippen LogP contribution in [0.4, 0.5) is 0 Å². The Balaban J connectivity index is 1.71. The van der Waals surface area contributed by atoms with Crippen molar-refractivity contribution in [2.45, 2.75) is 31.6 Å². The minimum absolute atomic E-state index is 0.0488. The Morgan fingerprint density at radius 3 is 2.21 bits per heavy atom. The maximum atomic E-state index is 12.2. The van der Waals surface area contributed by atoms with Crippen LogP contribution in [0.15, 0.2) is 53.4 Å². The highest BCUT2D eigenvalue weighted by Crippen LogP contribution is 2.15. The fourth-order valence-corrected chi connectivity index (χ4v) is 3.58. The van der Waals surface area contributed by atoms with Gasteiger partial charge in [0.15, 0.2) is 5.78 Å². The van der Waals surface area contributed by atoms with Crippen LogP contribution < -0.4 is 14.8 Å². The highest BCUT2D eigenvalue weighted by molar-refractivity contribution is 7.89. The van der Waals surface area contributed by atoms with E-state index in [-0.39, 0.29) is 42.5 Å². The summed E-state index contributed by atoms with van der Waals surface area (Å²) in [5.74, 6) is 0.195. The lowest BCUT2D eigenvalue weighted by Gasteiger charge is -2.09. The second-order valence-electron chi connectivity index (χ2n) is 6.44. The standard InChI is InChI=1S/C21H26N2O5S/c1-3-28-18-8-10-19(11-9-18)29(26,27)23-15-14-22-21(25)13-12-20(24)17-6-4-16(2)5-7-17/h4-11,23H,3,12-15H2,1-2H3,(H,22,25). The highest BCUT2D eigenvalue weighted by Gasteiger charge is 2.14. The summed E-state index contributed by atoms with van der Waals surface area (Å²) in [5.41, 5.74) is 1.64. The third-order valence-electron chi connectivity index (χ3n) is 4.14. The average molecular weight is 419 g/mol. The van der Waals surface area contributed by atoms with Crippen LogP contribution in [0, 0.1) is 6.92 Å². The van der Waals surface area contributed by atoms with Gasteiger partial charge in [-0.25, -0.2) is 13.1 Å². The van der Waals surface area contributed by atoms with Crippen molar-refractivity contribution in [1.29, 1.82) is 0 Å². The summed E-state index contributed by atoms with van der Waals surface area (Å²) < 4.78 is 32.2. The Kier molecular flexibility index (Phi) is 8.35. The Labute approximate surface area is 171 Å². The van der Waals surface area contributed by atoms with E-state index in [2.05, 4.69) is 10.0 Å². The van der Waals surface area contributed by atoms with Gasteiger partial charge in [0.05, 0.1) is 11.5 Å². The molecule has 2 aromatic rings. The molecule has 0 heterocycles. The molecule has 7 nitrogen and oxygen atoms in total. The van der Waals surface area contributed by atoms with Crippen LogP contribution in [0.25, 0.3) is 0 Å². The van der Waals surface area contributed by atoms with E-state index < -0.39 is 10.0 Å². The molecule has 0 atom stereocenters. The van der Waals surface area contributed by atoms with Crippen molar-refractivity contribution in [1.82, 2.24) is 10.0 Å². The minimum Gasteiger partial charge on any atom is -0.494 e. The van der Waals surface area contributed by atoms with Gasteiger partial charge in [0.2, 0.25) is 15.9 Å². The zero-order chi connectivity index (χ0) is 21.3. The number of carbonyl (C=O) groups is 2. The fraction of sp³-hybridized carbons (Fsp3) is 0.333. The number of ether oxygens (including phenoxy) is 1. The number of carbonyl (C=O) groups excluding carboxylic acids is 2. The van der Waals surface area contributed by atoms with Crippen LogP contribution in [0.1, 0.15) is 35.7 Å². The molecule has 0 aliphatic rings. The quantitative estimate of drug-likeness (QED) is 0.431. The summed E-state index contributed by atoms with van der Waals surface area (Å²) in [6.07, 6.45) is 0.158. The molecule has 0 unspecified atom stereocenters. The molecule has 0 aliphatic heterocycles. The van der Waals surface area contributed by atoms with E-state index in [4.69, 9.17) is 4.74 Å². The molecule has 0 aliphatic carbocycles. The van der Waals surface area contributed by atoms with Crippen molar-refractivity contribution in [2.24, 2.45) is 0 Å². The number of sulfonamides is 1. The molecule has 0 bridgehead atoms. The van der Waals surface area contributed by atoms with Gasteiger partial charge >= 0.3 is 0 Å². The van der Waals surface area contributed by atoms with Crippen molar-refractivity contribution < 1.29 is 22.7 Å². The zero-order valence-corrected chi connectivity index (χ0v) is 17.4. The van der Waals surface area contributed by atoms with Crippen molar-refractivity contribution >= 4 is 21.7 Å². The van der Waals surface area contributed by atoms with Gasteiger partial charge in [0.25, 0.3) is 0 Å². The van der Waals surface area contributed by atoms with E-state index in [1.165, 1.54) is 12.1 Å². The molecule has 0 fully saturated rings. The predicted octanol–water partition coefficient (Wildman–Crippen LogP) is 2.45. The SMILES string of the molecule is CCOc1ccc(S(=O)(=O)NCCNC(=O)CCC(=O)c2ccc(C)cc2)cc1. The monoisotopic (exact) mass is 418 g/mol. The first kappa shape index (κ1) is 22.6. The lowest BCUT2D eigenvalue weighted by Crippen LogP contribution is -2.34. The summed E-state index contributed by atoms with van der Waals surface area (Å²) in [6, 6.07) is 13.3. The molecule has 2 rings (SSSR count). The van der Waals surface area contributed by atoms with Gasteiger partial charge in [-0.2, -0.15) is 0 Å². The number of amides is 1. The molecule has 0 radical (unpaired) electrons. The molecular weight excluding hydrogens is 392 g/mol. The molecule has 1 amide bonds. The maximum absolute atomic E-state index is 12.2. The number of hydrogen-bond acceptors (Lipinski definition) is 5. The smallest absolute Gasteiger partial charge is 0.240 e. The van der Waals surface area contributed by atoms with E-state index in [1.54, 1.807) is 24.3 Å². The van der Waals surface area contributed by atoms with E-state index >= 15 is 0 Å². The highest BCUT2D eigenvalue weighted by atomic mass is 32.2. The number of benzene rings is 2. The van der Waals surface area contributed by atoms with Crippen LogP contribution in [-0.4, -0.2) is 39.8 Å². The van der Waals surface area contributed by atoms with Gasteiger partial charge in [-0.05, 0) is 38.1 Å². The molecule has 29 heavy (non-hydrogen) atoms. The van der Waals surface area contributed by atoms with E-state index in [0.29, 0.717) is 17.9 Å². The van der Waals surface area contributed by atoms with E-state index in [0.717, 1.165) is 5.56 Å². The Morgan fingerprint density at radius 1 is 0.931 bits per heavy atom. The molecule has 156 valence electrons. The fourth-order valence-electron chi connectivity index (χ4n) is 2.55.